The number of H-pyrrole nitrogens is 2. The average Bonchev–Trinajstić information content (AvgIpc) is 2.63. The summed E-state index contributed by atoms with van der Waals surface area (Å²) < 4.78 is 0. The van der Waals surface area contributed by atoms with E-state index in [4.69, 9.17) is 11.6 Å². The third-order valence-corrected chi connectivity index (χ3v) is 1.98. The molecule has 76 valence electrons. The van der Waals surface area contributed by atoms with Gasteiger partial charge in [0.25, 0.3) is 5.56 Å². The first-order valence-corrected chi connectivity index (χ1v) is 4.57. The highest BCUT2D eigenvalue weighted by atomic mass is 35.5. The predicted molar refractivity (Wildman–Crippen MR) is 57.0 cm³/mol. The molecule has 0 radical (unpaired) electrons. The third-order valence-electron chi connectivity index (χ3n) is 1.73. The minimum absolute atomic E-state index is 0.241. The van der Waals surface area contributed by atoms with Gasteiger partial charge in [-0.25, -0.2) is 0 Å². The minimum Gasteiger partial charge on any atom is -0.303 e. The molecule has 2 aromatic rings. The van der Waals surface area contributed by atoms with Crippen LogP contribution in [0.25, 0.3) is 0 Å². The molecule has 1 aromatic heterocycles. The first-order valence-electron chi connectivity index (χ1n) is 4.19. The summed E-state index contributed by atoms with van der Waals surface area (Å²) >= 11 is 5.70. The lowest BCUT2D eigenvalue weighted by Crippen LogP contribution is -1.96. The van der Waals surface area contributed by atoms with Crippen LogP contribution in [0.2, 0.25) is 5.02 Å². The molecule has 0 unspecified atom stereocenters. The van der Waals surface area contributed by atoms with Gasteiger partial charge in [0.2, 0.25) is 0 Å². The number of hydrogen-bond acceptors (Lipinski definition) is 3. The molecule has 2 rings (SSSR count). The van der Waals surface area contributed by atoms with Gasteiger partial charge in [-0.15, -0.1) is 5.11 Å². The molecule has 0 aliphatic carbocycles. The van der Waals surface area contributed by atoms with Crippen molar-refractivity contribution in [2.75, 3.05) is 0 Å². The van der Waals surface area contributed by atoms with E-state index >= 15 is 0 Å². The maximum Gasteiger partial charge on any atom is 0.291 e. The number of hydrogen-bond donors (Lipinski definition) is 2. The highest BCUT2D eigenvalue weighted by molar-refractivity contribution is 6.30. The van der Waals surface area contributed by atoms with Crippen molar-refractivity contribution in [3.8, 4) is 0 Å². The zero-order valence-electron chi connectivity index (χ0n) is 7.57. The van der Waals surface area contributed by atoms with E-state index in [1.165, 1.54) is 6.20 Å². The second kappa shape index (κ2) is 4.10. The number of nitrogens with zero attached hydrogens (tertiary/aromatic N) is 2. The summed E-state index contributed by atoms with van der Waals surface area (Å²) in [6.45, 7) is 0. The number of halogens is 1. The Balaban J connectivity index is 2.22. The highest BCUT2D eigenvalue weighted by Gasteiger charge is 1.96. The summed E-state index contributed by atoms with van der Waals surface area (Å²) in [6, 6.07) is 6.84. The number of rotatable bonds is 2. The van der Waals surface area contributed by atoms with Gasteiger partial charge >= 0.3 is 0 Å². The standard InChI is InChI=1S/C9H7ClN4O/c10-6-1-3-7(4-2-6)12-13-8-5-11-14-9(8)15/h1-5H,(H2,11,14,15). The van der Waals surface area contributed by atoms with E-state index in [0.717, 1.165) is 0 Å². The van der Waals surface area contributed by atoms with Crippen LogP contribution in [-0.2, 0) is 0 Å². The Kier molecular flexibility index (Phi) is 2.64. The molecule has 0 saturated carbocycles. The van der Waals surface area contributed by atoms with Crippen molar-refractivity contribution in [1.82, 2.24) is 10.2 Å². The van der Waals surface area contributed by atoms with Crippen LogP contribution in [0, 0.1) is 0 Å². The highest BCUT2D eigenvalue weighted by Crippen LogP contribution is 2.17. The van der Waals surface area contributed by atoms with Crippen molar-refractivity contribution in [3.63, 3.8) is 0 Å². The van der Waals surface area contributed by atoms with Gasteiger partial charge < -0.3 is 5.10 Å². The zero-order chi connectivity index (χ0) is 10.7. The average molecular weight is 223 g/mol. The van der Waals surface area contributed by atoms with Gasteiger partial charge in [-0.05, 0) is 24.3 Å². The van der Waals surface area contributed by atoms with E-state index in [9.17, 15) is 4.79 Å². The number of benzene rings is 1. The number of aromatic nitrogens is 2. The Morgan fingerprint density at radius 3 is 2.47 bits per heavy atom. The van der Waals surface area contributed by atoms with Crippen LogP contribution in [0.5, 0.6) is 0 Å². The van der Waals surface area contributed by atoms with Gasteiger partial charge in [-0.3, -0.25) is 9.89 Å². The quantitative estimate of drug-likeness (QED) is 0.754. The molecule has 2 N–H and O–H groups in total. The number of azo groups is 1. The van der Waals surface area contributed by atoms with Gasteiger partial charge in [0.1, 0.15) is 0 Å². The van der Waals surface area contributed by atoms with Gasteiger partial charge in [0.05, 0.1) is 11.9 Å². The molecule has 0 aliphatic rings. The van der Waals surface area contributed by atoms with Crippen LogP contribution >= 0.6 is 11.6 Å². The molecular formula is C9H7ClN4O. The molecule has 6 heteroatoms. The Bertz CT molecular complexity index is 526. The van der Waals surface area contributed by atoms with Gasteiger partial charge in [0.15, 0.2) is 5.69 Å². The lowest BCUT2D eigenvalue weighted by molar-refractivity contribution is 1.06. The molecule has 1 aromatic carbocycles. The van der Waals surface area contributed by atoms with Crippen LogP contribution in [0.15, 0.2) is 45.5 Å². The summed E-state index contributed by atoms with van der Waals surface area (Å²) in [7, 11) is 0. The maximum atomic E-state index is 11.0. The monoisotopic (exact) mass is 222 g/mol. The topological polar surface area (TPSA) is 73.4 Å². The molecule has 0 bridgehead atoms. The Morgan fingerprint density at radius 1 is 1.13 bits per heavy atom. The van der Waals surface area contributed by atoms with Crippen molar-refractivity contribution in [2.45, 2.75) is 0 Å². The van der Waals surface area contributed by atoms with Crippen molar-refractivity contribution in [2.24, 2.45) is 10.2 Å². The largest absolute Gasteiger partial charge is 0.303 e. The van der Waals surface area contributed by atoms with Crippen LogP contribution in [0.4, 0.5) is 11.4 Å². The molecule has 0 saturated heterocycles. The van der Waals surface area contributed by atoms with Crippen LogP contribution in [0.1, 0.15) is 0 Å². The van der Waals surface area contributed by atoms with E-state index in [1.807, 2.05) is 0 Å². The molecule has 1 heterocycles. The summed E-state index contributed by atoms with van der Waals surface area (Å²) in [5, 5.41) is 13.2. The number of aromatic amines is 2. The molecule has 0 atom stereocenters. The third kappa shape index (κ3) is 2.32. The van der Waals surface area contributed by atoms with Gasteiger partial charge in [-0.1, -0.05) is 11.6 Å². The fourth-order valence-corrected chi connectivity index (χ4v) is 1.12. The van der Waals surface area contributed by atoms with E-state index < -0.39 is 0 Å². The summed E-state index contributed by atoms with van der Waals surface area (Å²) in [6.07, 6.45) is 1.45. The first-order chi connectivity index (χ1) is 7.25. The Hall–Kier alpha value is -1.88. The SMILES string of the molecule is O=c1[nH][nH]cc1N=Nc1ccc(Cl)cc1. The second-order valence-electron chi connectivity index (χ2n) is 2.80. The summed E-state index contributed by atoms with van der Waals surface area (Å²) in [5.41, 5.74) is 0.581. The molecule has 0 amide bonds. The van der Waals surface area contributed by atoms with E-state index in [-0.39, 0.29) is 11.2 Å². The summed E-state index contributed by atoms with van der Waals surface area (Å²) in [5.74, 6) is 0. The minimum atomic E-state index is -0.298. The zero-order valence-corrected chi connectivity index (χ0v) is 8.32. The second-order valence-corrected chi connectivity index (χ2v) is 3.24. The fraction of sp³-hybridized carbons (Fsp3) is 0. The number of nitrogens with one attached hydrogen (secondary N) is 2. The molecule has 5 nitrogen and oxygen atoms in total. The van der Waals surface area contributed by atoms with Crippen LogP contribution in [-0.4, -0.2) is 10.2 Å². The van der Waals surface area contributed by atoms with E-state index in [0.29, 0.717) is 10.7 Å². The molecule has 0 spiro atoms. The molecule has 0 fully saturated rings. The first kappa shape index (κ1) is 9.67. The van der Waals surface area contributed by atoms with Crippen LogP contribution < -0.4 is 5.56 Å². The Labute approximate surface area is 89.8 Å². The Morgan fingerprint density at radius 2 is 1.87 bits per heavy atom. The fourth-order valence-electron chi connectivity index (χ4n) is 0.993. The molecular weight excluding hydrogens is 216 g/mol. The van der Waals surface area contributed by atoms with Crippen LogP contribution in [0.3, 0.4) is 0 Å². The van der Waals surface area contributed by atoms with Gasteiger partial charge in [0, 0.05) is 5.02 Å². The maximum absolute atomic E-state index is 11.0. The smallest absolute Gasteiger partial charge is 0.291 e. The van der Waals surface area contributed by atoms with E-state index in [2.05, 4.69) is 20.4 Å². The molecule has 15 heavy (non-hydrogen) atoms. The van der Waals surface area contributed by atoms with E-state index in [1.54, 1.807) is 24.3 Å². The van der Waals surface area contributed by atoms with Crippen molar-refractivity contribution in [3.05, 3.63) is 45.8 Å². The van der Waals surface area contributed by atoms with Gasteiger partial charge in [-0.2, -0.15) is 5.11 Å². The van der Waals surface area contributed by atoms with Crippen molar-refractivity contribution < 1.29 is 0 Å². The van der Waals surface area contributed by atoms with Crippen molar-refractivity contribution in [1.29, 1.82) is 0 Å². The summed E-state index contributed by atoms with van der Waals surface area (Å²) in [4.78, 5) is 11.0. The van der Waals surface area contributed by atoms with Crippen molar-refractivity contribution >= 4 is 23.0 Å². The predicted octanol–water partition coefficient (Wildman–Crippen LogP) is 2.77. The lowest BCUT2D eigenvalue weighted by atomic mass is 10.3. The normalized spacial score (nSPS) is 11.0. The lowest BCUT2D eigenvalue weighted by Gasteiger charge is -1.90. The molecule has 0 aliphatic heterocycles.